The largest absolute Gasteiger partial charge is 0.478 e. The number of carbonyl (C=O) groups is 2. The van der Waals surface area contributed by atoms with Crippen molar-refractivity contribution in [2.75, 3.05) is 6.61 Å². The molecule has 7 heteroatoms. The number of carboxylic acid groups (broad SMARTS) is 1. The van der Waals surface area contributed by atoms with Gasteiger partial charge < -0.3 is 10.8 Å². The molecule has 1 unspecified atom stereocenters. The van der Waals surface area contributed by atoms with E-state index in [4.69, 9.17) is 15.7 Å². The monoisotopic (exact) mass is 333 g/mol. The zero-order valence-corrected chi connectivity index (χ0v) is 12.9. The Kier molecular flexibility index (Phi) is 6.16. The molecular weight excluding hydrogens is 318 g/mol. The topological polar surface area (TPSA) is 98.9 Å². The average molecular weight is 333 g/mol. The van der Waals surface area contributed by atoms with E-state index in [2.05, 4.69) is 4.89 Å². The van der Waals surface area contributed by atoms with Crippen molar-refractivity contribution in [3.05, 3.63) is 65.7 Å². The summed E-state index contributed by atoms with van der Waals surface area (Å²) in [6.45, 7) is -0.0272. The van der Waals surface area contributed by atoms with Crippen molar-refractivity contribution in [2.45, 2.75) is 10.3 Å². The van der Waals surface area contributed by atoms with E-state index in [0.717, 1.165) is 4.90 Å². The molecule has 0 heterocycles. The van der Waals surface area contributed by atoms with Gasteiger partial charge in [-0.3, -0.25) is 4.89 Å². The van der Waals surface area contributed by atoms with Crippen LogP contribution in [0.1, 0.15) is 20.7 Å². The zero-order chi connectivity index (χ0) is 16.7. The predicted octanol–water partition coefficient (Wildman–Crippen LogP) is 2.55. The van der Waals surface area contributed by atoms with Crippen LogP contribution in [-0.2, 0) is 9.78 Å². The van der Waals surface area contributed by atoms with E-state index >= 15 is 0 Å². The van der Waals surface area contributed by atoms with E-state index in [0.29, 0.717) is 0 Å². The molecule has 0 radical (unpaired) electrons. The predicted molar refractivity (Wildman–Crippen MR) is 85.0 cm³/mol. The molecule has 0 fully saturated rings. The lowest BCUT2D eigenvalue weighted by atomic mass is 10.1. The molecule has 6 nitrogen and oxygen atoms in total. The fourth-order valence-corrected chi connectivity index (χ4v) is 2.54. The lowest BCUT2D eigenvalue weighted by molar-refractivity contribution is -0.239. The first-order valence-corrected chi connectivity index (χ1v) is 7.59. The smallest absolute Gasteiger partial charge is 0.373 e. The maximum atomic E-state index is 11.9. The summed E-state index contributed by atoms with van der Waals surface area (Å²) in [5.74, 6) is -2.09. The molecule has 2 aromatic rings. The van der Waals surface area contributed by atoms with Crippen molar-refractivity contribution in [2.24, 2.45) is 5.73 Å². The van der Waals surface area contributed by atoms with Gasteiger partial charge in [0.25, 0.3) is 0 Å². The fourth-order valence-electron chi connectivity index (χ4n) is 1.75. The highest BCUT2D eigenvalue weighted by Crippen LogP contribution is 2.20. The number of hydrogen-bond acceptors (Lipinski definition) is 6. The normalized spacial score (nSPS) is 11.7. The van der Waals surface area contributed by atoms with Gasteiger partial charge in [-0.05, 0) is 24.3 Å². The number of rotatable bonds is 7. The van der Waals surface area contributed by atoms with Gasteiger partial charge in [-0.1, -0.05) is 30.3 Å². The van der Waals surface area contributed by atoms with Crippen LogP contribution in [0, 0.1) is 0 Å². The Hall–Kier alpha value is -2.35. The number of hydrogen-bond donors (Lipinski definition) is 2. The fraction of sp³-hybridized carbons (Fsp3) is 0.125. The van der Waals surface area contributed by atoms with Crippen LogP contribution in [0.3, 0.4) is 0 Å². The lowest BCUT2D eigenvalue weighted by Gasteiger charge is -2.11. The summed E-state index contributed by atoms with van der Waals surface area (Å²) in [7, 11) is 0. The molecule has 0 bridgehead atoms. The summed E-state index contributed by atoms with van der Waals surface area (Å²) in [6.07, 6.45) is 0. The van der Waals surface area contributed by atoms with Crippen LogP contribution in [0.25, 0.3) is 0 Å². The van der Waals surface area contributed by atoms with Crippen LogP contribution in [0.2, 0.25) is 0 Å². The molecule has 0 aliphatic rings. The number of aromatic carboxylic acids is 1. The molecule has 120 valence electrons. The van der Waals surface area contributed by atoms with Crippen LogP contribution in [0.15, 0.2) is 59.5 Å². The minimum Gasteiger partial charge on any atom is -0.478 e. The van der Waals surface area contributed by atoms with Gasteiger partial charge in [0.2, 0.25) is 0 Å². The highest BCUT2D eigenvalue weighted by molar-refractivity contribution is 7.99. The second-order valence-corrected chi connectivity index (χ2v) is 5.79. The Balaban J connectivity index is 1.84. The quantitative estimate of drug-likeness (QED) is 0.348. The number of thioether (sulfide) groups is 1. The number of benzene rings is 2. The molecule has 0 aromatic heterocycles. The molecule has 0 amide bonds. The van der Waals surface area contributed by atoms with Crippen molar-refractivity contribution in [3.8, 4) is 0 Å². The molecule has 2 aromatic carbocycles. The first-order chi connectivity index (χ1) is 11.1. The first kappa shape index (κ1) is 17.0. The van der Waals surface area contributed by atoms with Gasteiger partial charge in [0.15, 0.2) is 0 Å². The Morgan fingerprint density at radius 3 is 2.30 bits per heavy atom. The van der Waals surface area contributed by atoms with Crippen LogP contribution < -0.4 is 5.73 Å². The second kappa shape index (κ2) is 8.33. The molecule has 2 rings (SSSR count). The van der Waals surface area contributed by atoms with E-state index < -0.39 is 17.3 Å². The van der Waals surface area contributed by atoms with Gasteiger partial charge in [-0.15, -0.1) is 11.8 Å². The molecule has 0 spiro atoms. The van der Waals surface area contributed by atoms with Crippen LogP contribution in [-0.4, -0.2) is 29.0 Å². The maximum absolute atomic E-state index is 11.9. The average Bonchev–Trinajstić information content (AvgIpc) is 2.55. The van der Waals surface area contributed by atoms with E-state index in [9.17, 15) is 9.59 Å². The number of carbonyl (C=O) groups excluding carboxylic acids is 1. The van der Waals surface area contributed by atoms with Crippen molar-refractivity contribution >= 4 is 23.7 Å². The van der Waals surface area contributed by atoms with Gasteiger partial charge in [0.05, 0.1) is 16.5 Å². The minimum absolute atomic E-state index is 0.0272. The van der Waals surface area contributed by atoms with Gasteiger partial charge in [-0.2, -0.15) is 4.89 Å². The van der Waals surface area contributed by atoms with Crippen LogP contribution in [0.5, 0.6) is 0 Å². The van der Waals surface area contributed by atoms with E-state index in [-0.39, 0.29) is 17.7 Å². The third-order valence-corrected chi connectivity index (χ3v) is 3.76. The van der Waals surface area contributed by atoms with E-state index in [1.165, 1.54) is 30.0 Å². The van der Waals surface area contributed by atoms with Gasteiger partial charge >= 0.3 is 11.9 Å². The highest BCUT2D eigenvalue weighted by atomic mass is 32.2. The summed E-state index contributed by atoms with van der Waals surface area (Å²) >= 11 is 1.37. The summed E-state index contributed by atoms with van der Waals surface area (Å²) in [5, 5.41) is 8.59. The number of carboxylic acids is 1. The standard InChI is InChI=1S/C16H15NO5S/c17-14(23-11-6-2-1-3-7-11)10-21-22-16(20)13-9-5-4-8-12(13)15(18)19/h1-9,14H,10,17H2,(H,18,19). The van der Waals surface area contributed by atoms with Gasteiger partial charge in [-0.25, -0.2) is 9.59 Å². The van der Waals surface area contributed by atoms with Crippen LogP contribution >= 0.6 is 11.8 Å². The third kappa shape index (κ3) is 5.10. The van der Waals surface area contributed by atoms with Gasteiger partial charge in [0, 0.05) is 4.90 Å². The Morgan fingerprint density at radius 2 is 1.65 bits per heavy atom. The first-order valence-electron chi connectivity index (χ1n) is 6.71. The zero-order valence-electron chi connectivity index (χ0n) is 12.0. The Bertz CT molecular complexity index is 677. The summed E-state index contributed by atoms with van der Waals surface area (Å²) in [4.78, 5) is 33.3. The van der Waals surface area contributed by atoms with Crippen molar-refractivity contribution in [1.29, 1.82) is 0 Å². The van der Waals surface area contributed by atoms with E-state index in [1.807, 2.05) is 30.3 Å². The molecular formula is C16H15NO5S. The Labute approximate surface area is 137 Å². The molecule has 0 saturated carbocycles. The molecule has 23 heavy (non-hydrogen) atoms. The molecule has 0 saturated heterocycles. The van der Waals surface area contributed by atoms with Crippen LogP contribution in [0.4, 0.5) is 0 Å². The SMILES string of the molecule is NC(COOC(=O)c1ccccc1C(=O)O)Sc1ccccc1. The van der Waals surface area contributed by atoms with Crippen molar-refractivity contribution < 1.29 is 24.5 Å². The maximum Gasteiger partial charge on any atom is 0.373 e. The minimum atomic E-state index is -1.21. The summed E-state index contributed by atoms with van der Waals surface area (Å²) in [6, 6.07) is 15.2. The molecule has 1 atom stereocenters. The number of nitrogens with two attached hydrogens (primary N) is 1. The van der Waals surface area contributed by atoms with E-state index in [1.54, 1.807) is 6.07 Å². The van der Waals surface area contributed by atoms with Crippen molar-refractivity contribution in [1.82, 2.24) is 0 Å². The lowest BCUT2D eigenvalue weighted by Crippen LogP contribution is -2.23. The second-order valence-electron chi connectivity index (χ2n) is 4.48. The summed E-state index contributed by atoms with van der Waals surface area (Å²) < 4.78 is 0. The highest BCUT2D eigenvalue weighted by Gasteiger charge is 2.18. The molecule has 0 aliphatic heterocycles. The summed E-state index contributed by atoms with van der Waals surface area (Å²) in [5.41, 5.74) is 5.63. The molecule has 0 aliphatic carbocycles. The van der Waals surface area contributed by atoms with Crippen molar-refractivity contribution in [3.63, 3.8) is 0 Å². The van der Waals surface area contributed by atoms with Gasteiger partial charge in [0.1, 0.15) is 6.61 Å². The third-order valence-electron chi connectivity index (χ3n) is 2.77. The Morgan fingerprint density at radius 1 is 1.04 bits per heavy atom. The molecule has 3 N–H and O–H groups in total.